The summed E-state index contributed by atoms with van der Waals surface area (Å²) in [6.45, 7) is 3.09. The van der Waals surface area contributed by atoms with Gasteiger partial charge in [0.15, 0.2) is 0 Å². The molecule has 1 unspecified atom stereocenters. The van der Waals surface area contributed by atoms with Crippen LogP contribution in [0.1, 0.15) is 43.0 Å². The Hall–Kier alpha value is -2.37. The zero-order chi connectivity index (χ0) is 16.7. The van der Waals surface area contributed by atoms with E-state index in [-0.39, 0.29) is 23.6 Å². The number of rotatable bonds is 4. The van der Waals surface area contributed by atoms with E-state index in [1.807, 2.05) is 13.0 Å². The smallest absolute Gasteiger partial charge is 0.269 e. The SMILES string of the molecule is CCCC(=O)N1CCCC(C(=O)NNC(=O)c2ccccc2)C1. The van der Waals surface area contributed by atoms with Crippen LogP contribution in [0.25, 0.3) is 0 Å². The number of hydrogen-bond acceptors (Lipinski definition) is 3. The lowest BCUT2D eigenvalue weighted by Crippen LogP contribution is -2.50. The Morgan fingerprint density at radius 1 is 1.17 bits per heavy atom. The fourth-order valence-electron chi connectivity index (χ4n) is 2.67. The Morgan fingerprint density at radius 2 is 1.91 bits per heavy atom. The number of amides is 3. The van der Waals surface area contributed by atoms with Crippen LogP contribution in [0.3, 0.4) is 0 Å². The summed E-state index contributed by atoms with van der Waals surface area (Å²) in [5.74, 6) is -0.782. The lowest BCUT2D eigenvalue weighted by molar-refractivity contribution is -0.136. The number of carbonyl (C=O) groups is 3. The van der Waals surface area contributed by atoms with Gasteiger partial charge in [0.1, 0.15) is 0 Å². The normalized spacial score (nSPS) is 17.4. The van der Waals surface area contributed by atoms with Gasteiger partial charge < -0.3 is 4.90 Å². The summed E-state index contributed by atoms with van der Waals surface area (Å²) < 4.78 is 0. The highest BCUT2D eigenvalue weighted by Crippen LogP contribution is 2.17. The zero-order valence-electron chi connectivity index (χ0n) is 13.4. The van der Waals surface area contributed by atoms with E-state index >= 15 is 0 Å². The molecular formula is C17H23N3O3. The molecule has 0 bridgehead atoms. The molecular weight excluding hydrogens is 294 g/mol. The molecule has 1 heterocycles. The molecule has 1 atom stereocenters. The quantitative estimate of drug-likeness (QED) is 0.826. The van der Waals surface area contributed by atoms with Gasteiger partial charge >= 0.3 is 0 Å². The molecule has 3 amide bonds. The van der Waals surface area contributed by atoms with Crippen molar-refractivity contribution in [3.63, 3.8) is 0 Å². The van der Waals surface area contributed by atoms with E-state index in [1.165, 1.54) is 0 Å². The first-order chi connectivity index (χ1) is 11.1. The topological polar surface area (TPSA) is 78.5 Å². The monoisotopic (exact) mass is 317 g/mol. The molecule has 6 heteroatoms. The Labute approximate surface area is 136 Å². The Balaban J connectivity index is 1.83. The lowest BCUT2D eigenvalue weighted by atomic mass is 9.97. The molecule has 1 aliphatic rings. The second kappa shape index (κ2) is 8.31. The van der Waals surface area contributed by atoms with Crippen molar-refractivity contribution >= 4 is 17.7 Å². The van der Waals surface area contributed by atoms with Crippen molar-refractivity contribution < 1.29 is 14.4 Å². The van der Waals surface area contributed by atoms with Crippen molar-refractivity contribution in [2.24, 2.45) is 5.92 Å². The Morgan fingerprint density at radius 3 is 2.61 bits per heavy atom. The van der Waals surface area contributed by atoms with Gasteiger partial charge in [0.25, 0.3) is 5.91 Å². The van der Waals surface area contributed by atoms with E-state index in [0.717, 1.165) is 19.3 Å². The molecule has 0 radical (unpaired) electrons. The summed E-state index contributed by atoms with van der Waals surface area (Å²) in [7, 11) is 0. The number of benzene rings is 1. The number of carbonyl (C=O) groups excluding carboxylic acids is 3. The largest absolute Gasteiger partial charge is 0.342 e. The zero-order valence-corrected chi connectivity index (χ0v) is 13.4. The third kappa shape index (κ3) is 4.81. The van der Waals surface area contributed by atoms with Crippen LogP contribution in [0.15, 0.2) is 30.3 Å². The van der Waals surface area contributed by atoms with Crippen molar-refractivity contribution in [1.82, 2.24) is 15.8 Å². The fraction of sp³-hybridized carbons (Fsp3) is 0.471. The number of piperidine rings is 1. The fourth-order valence-corrected chi connectivity index (χ4v) is 2.67. The Kier molecular flexibility index (Phi) is 6.14. The second-order valence-corrected chi connectivity index (χ2v) is 5.74. The maximum absolute atomic E-state index is 12.2. The second-order valence-electron chi connectivity index (χ2n) is 5.74. The minimum absolute atomic E-state index is 0.0957. The minimum Gasteiger partial charge on any atom is -0.342 e. The van der Waals surface area contributed by atoms with E-state index in [1.54, 1.807) is 29.2 Å². The molecule has 1 aromatic rings. The van der Waals surface area contributed by atoms with Gasteiger partial charge in [-0.05, 0) is 31.4 Å². The molecule has 0 saturated carbocycles. The minimum atomic E-state index is -0.353. The van der Waals surface area contributed by atoms with Gasteiger partial charge in [0.2, 0.25) is 11.8 Å². The molecule has 23 heavy (non-hydrogen) atoms. The molecule has 2 N–H and O–H groups in total. The van der Waals surface area contributed by atoms with Gasteiger partial charge in [-0.2, -0.15) is 0 Å². The molecule has 124 valence electrons. The summed E-state index contributed by atoms with van der Waals surface area (Å²) in [5.41, 5.74) is 5.37. The van der Waals surface area contributed by atoms with Crippen molar-refractivity contribution in [3.05, 3.63) is 35.9 Å². The van der Waals surface area contributed by atoms with E-state index in [4.69, 9.17) is 0 Å². The molecule has 2 rings (SSSR count). The molecule has 6 nitrogen and oxygen atoms in total. The van der Waals surface area contributed by atoms with Crippen LogP contribution >= 0.6 is 0 Å². The molecule has 0 spiro atoms. The third-order valence-electron chi connectivity index (χ3n) is 3.94. The predicted octanol–water partition coefficient (Wildman–Crippen LogP) is 1.49. The van der Waals surface area contributed by atoms with Crippen LogP contribution in [-0.2, 0) is 9.59 Å². The maximum Gasteiger partial charge on any atom is 0.269 e. The van der Waals surface area contributed by atoms with E-state index in [9.17, 15) is 14.4 Å². The first-order valence-electron chi connectivity index (χ1n) is 8.04. The van der Waals surface area contributed by atoms with E-state index < -0.39 is 0 Å². The average Bonchev–Trinajstić information content (AvgIpc) is 2.60. The van der Waals surface area contributed by atoms with Crippen LogP contribution < -0.4 is 10.9 Å². The van der Waals surface area contributed by atoms with Gasteiger partial charge in [-0.25, -0.2) is 0 Å². The summed E-state index contributed by atoms with van der Waals surface area (Å²) in [4.78, 5) is 37.8. The number of nitrogens with one attached hydrogen (secondary N) is 2. The van der Waals surface area contributed by atoms with Crippen LogP contribution in [0, 0.1) is 5.92 Å². The summed E-state index contributed by atoms with van der Waals surface area (Å²) in [5, 5.41) is 0. The predicted molar refractivity (Wildman–Crippen MR) is 86.3 cm³/mol. The molecule has 1 aromatic carbocycles. The lowest BCUT2D eigenvalue weighted by Gasteiger charge is -2.32. The van der Waals surface area contributed by atoms with Crippen LogP contribution in [-0.4, -0.2) is 35.7 Å². The average molecular weight is 317 g/mol. The molecule has 0 aliphatic carbocycles. The van der Waals surface area contributed by atoms with Gasteiger partial charge in [-0.15, -0.1) is 0 Å². The number of hydrogen-bond donors (Lipinski definition) is 2. The maximum atomic E-state index is 12.2. The van der Waals surface area contributed by atoms with Crippen LogP contribution in [0.2, 0.25) is 0 Å². The third-order valence-corrected chi connectivity index (χ3v) is 3.94. The van der Waals surface area contributed by atoms with Crippen molar-refractivity contribution in [1.29, 1.82) is 0 Å². The summed E-state index contributed by atoms with van der Waals surface area (Å²) in [6, 6.07) is 8.68. The standard InChI is InChI=1S/C17H23N3O3/c1-2-7-15(21)20-11-6-10-14(12-20)17(23)19-18-16(22)13-8-4-3-5-9-13/h3-5,8-9,14H,2,6-7,10-12H2,1H3,(H,18,22)(H,19,23). The summed E-state index contributed by atoms with van der Waals surface area (Å²) >= 11 is 0. The highest BCUT2D eigenvalue weighted by atomic mass is 16.2. The molecule has 1 fully saturated rings. The van der Waals surface area contributed by atoms with Gasteiger partial charge in [-0.3, -0.25) is 25.2 Å². The summed E-state index contributed by atoms with van der Waals surface area (Å²) in [6.07, 6.45) is 2.85. The Bertz CT molecular complexity index is 559. The number of nitrogens with zero attached hydrogens (tertiary/aromatic N) is 1. The van der Waals surface area contributed by atoms with E-state index in [2.05, 4.69) is 10.9 Å². The number of likely N-dealkylation sites (tertiary alicyclic amines) is 1. The molecule has 1 aliphatic heterocycles. The van der Waals surface area contributed by atoms with Gasteiger partial charge in [-0.1, -0.05) is 25.1 Å². The van der Waals surface area contributed by atoms with Crippen LogP contribution in [0.5, 0.6) is 0 Å². The first kappa shape index (κ1) is 17.0. The van der Waals surface area contributed by atoms with Crippen LogP contribution in [0.4, 0.5) is 0 Å². The highest BCUT2D eigenvalue weighted by Gasteiger charge is 2.28. The number of hydrazine groups is 1. The van der Waals surface area contributed by atoms with E-state index in [0.29, 0.717) is 25.1 Å². The highest BCUT2D eigenvalue weighted by molar-refractivity contribution is 5.95. The molecule has 0 aromatic heterocycles. The molecule has 1 saturated heterocycles. The van der Waals surface area contributed by atoms with Gasteiger partial charge in [0, 0.05) is 25.1 Å². The van der Waals surface area contributed by atoms with Crippen molar-refractivity contribution in [2.45, 2.75) is 32.6 Å². The van der Waals surface area contributed by atoms with Crippen molar-refractivity contribution in [3.8, 4) is 0 Å². The first-order valence-corrected chi connectivity index (χ1v) is 8.04. The van der Waals surface area contributed by atoms with Gasteiger partial charge in [0.05, 0.1) is 5.92 Å². The van der Waals surface area contributed by atoms with Crippen molar-refractivity contribution in [2.75, 3.05) is 13.1 Å².